The van der Waals surface area contributed by atoms with Crippen LogP contribution in [0.25, 0.3) is 0 Å². The lowest BCUT2D eigenvalue weighted by Crippen LogP contribution is -2.65. The second-order valence-electron chi connectivity index (χ2n) is 10.5. The highest BCUT2D eigenvalue weighted by molar-refractivity contribution is 5.81. The maximum atomic E-state index is 14.5. The number of nitrogens with one attached hydrogen (secondary N) is 1. The maximum absolute atomic E-state index is 14.5. The van der Waals surface area contributed by atoms with Crippen molar-refractivity contribution in [2.45, 2.75) is 51.4 Å². The smallest absolute Gasteiger partial charge is 0.318 e. The molecule has 0 spiro atoms. The number of quaternary nitrogens is 1. The molecule has 3 fully saturated rings. The number of piperidine rings is 3. The minimum absolute atomic E-state index is 0.0243. The van der Waals surface area contributed by atoms with Crippen molar-refractivity contribution in [3.8, 4) is 0 Å². The molecule has 6 nitrogen and oxygen atoms in total. The van der Waals surface area contributed by atoms with Crippen LogP contribution >= 0.6 is 0 Å². The zero-order valence-electron chi connectivity index (χ0n) is 20.9. The van der Waals surface area contributed by atoms with Crippen molar-refractivity contribution in [3.05, 3.63) is 35.1 Å². The van der Waals surface area contributed by atoms with E-state index in [-0.39, 0.29) is 35.4 Å². The molecule has 0 aromatic heterocycles. The molecule has 2 unspecified atom stereocenters. The number of amides is 2. The van der Waals surface area contributed by atoms with Gasteiger partial charge >= 0.3 is 5.91 Å². The first-order chi connectivity index (χ1) is 16.5. The fourth-order valence-electron chi connectivity index (χ4n) is 6.41. The summed E-state index contributed by atoms with van der Waals surface area (Å²) < 4.78 is 20.3. The third-order valence-electron chi connectivity index (χ3n) is 8.43. The molecule has 0 bridgehead atoms. The minimum Gasteiger partial charge on any atom is -0.379 e. The lowest BCUT2D eigenvalue weighted by molar-refractivity contribution is -0.865. The van der Waals surface area contributed by atoms with Crippen molar-refractivity contribution < 1.29 is 23.2 Å². The van der Waals surface area contributed by atoms with Gasteiger partial charge in [-0.2, -0.15) is 0 Å². The Balaban J connectivity index is 1.68. The van der Waals surface area contributed by atoms with E-state index in [0.717, 1.165) is 57.3 Å². The highest BCUT2D eigenvalue weighted by Crippen LogP contribution is 2.40. The van der Waals surface area contributed by atoms with Gasteiger partial charge in [0.05, 0.1) is 31.5 Å². The van der Waals surface area contributed by atoms with Gasteiger partial charge < -0.3 is 15.0 Å². The number of benzene rings is 1. The van der Waals surface area contributed by atoms with Crippen LogP contribution in [0.4, 0.5) is 4.39 Å². The first-order valence-corrected chi connectivity index (χ1v) is 13.1. The Morgan fingerprint density at radius 1 is 1.18 bits per heavy atom. The van der Waals surface area contributed by atoms with Crippen molar-refractivity contribution >= 4 is 11.8 Å². The molecule has 1 N–H and O–H groups in total. The van der Waals surface area contributed by atoms with Crippen LogP contribution in [0.15, 0.2) is 18.2 Å². The summed E-state index contributed by atoms with van der Waals surface area (Å²) in [6.07, 6.45) is 5.81. The van der Waals surface area contributed by atoms with Crippen molar-refractivity contribution in [2.24, 2.45) is 11.8 Å². The van der Waals surface area contributed by atoms with Crippen LogP contribution in [0.1, 0.15) is 55.6 Å². The maximum Gasteiger partial charge on any atom is 0.318 e. The van der Waals surface area contributed by atoms with Crippen LogP contribution in [0.5, 0.6) is 0 Å². The number of methoxy groups -OCH3 is 1. The van der Waals surface area contributed by atoms with Gasteiger partial charge in [-0.3, -0.25) is 9.28 Å². The van der Waals surface area contributed by atoms with Crippen LogP contribution in [0.3, 0.4) is 0 Å². The van der Waals surface area contributed by atoms with Gasteiger partial charge in [0.25, 0.3) is 0 Å². The van der Waals surface area contributed by atoms with E-state index < -0.39 is 0 Å². The molecular weight excluding hydrogens is 433 g/mol. The van der Waals surface area contributed by atoms with Gasteiger partial charge in [0.2, 0.25) is 5.91 Å². The number of hydrogen-bond donors (Lipinski definition) is 1. The normalized spacial score (nSPS) is 30.2. The van der Waals surface area contributed by atoms with Gasteiger partial charge in [-0.1, -0.05) is 12.1 Å². The summed E-state index contributed by atoms with van der Waals surface area (Å²) in [6, 6.07) is 5.21. The Hall–Kier alpha value is -1.83. The monoisotopic (exact) mass is 474 g/mol. The number of rotatable bonds is 6. The second kappa shape index (κ2) is 11.3. The molecule has 2 amide bonds. The first-order valence-electron chi connectivity index (χ1n) is 13.1. The van der Waals surface area contributed by atoms with E-state index in [1.807, 2.05) is 17.9 Å². The van der Waals surface area contributed by atoms with E-state index in [9.17, 15) is 14.0 Å². The SMILES string of the molecule is COCC[N+]1(C(=O)[C@@H]2CCCNC2)CCC(c2cccc(F)c2C)[C@H](C(=O)N2CCCCC2)C1. The van der Waals surface area contributed by atoms with Crippen LogP contribution < -0.4 is 5.32 Å². The van der Waals surface area contributed by atoms with E-state index >= 15 is 0 Å². The van der Waals surface area contributed by atoms with Crippen LogP contribution in [0, 0.1) is 24.6 Å². The van der Waals surface area contributed by atoms with Crippen molar-refractivity contribution in [2.75, 3.05) is 59.5 Å². The van der Waals surface area contributed by atoms with Gasteiger partial charge in [0.15, 0.2) is 0 Å². The molecule has 4 atom stereocenters. The van der Waals surface area contributed by atoms with Crippen LogP contribution in [-0.4, -0.2) is 80.7 Å². The summed E-state index contributed by atoms with van der Waals surface area (Å²) in [4.78, 5) is 29.9. The van der Waals surface area contributed by atoms with E-state index in [4.69, 9.17) is 4.74 Å². The lowest BCUT2D eigenvalue weighted by Gasteiger charge is -2.47. The summed E-state index contributed by atoms with van der Waals surface area (Å²) in [7, 11) is 1.67. The van der Waals surface area contributed by atoms with E-state index in [2.05, 4.69) is 5.32 Å². The van der Waals surface area contributed by atoms with Crippen molar-refractivity contribution in [3.63, 3.8) is 0 Å². The van der Waals surface area contributed by atoms with E-state index in [1.165, 1.54) is 6.07 Å². The van der Waals surface area contributed by atoms with Gasteiger partial charge in [-0.25, -0.2) is 9.18 Å². The Bertz CT molecular complexity index is 867. The number of carbonyl (C=O) groups is 2. The van der Waals surface area contributed by atoms with E-state index in [0.29, 0.717) is 49.3 Å². The van der Waals surface area contributed by atoms with Gasteiger partial charge in [-0.05, 0) is 62.8 Å². The highest BCUT2D eigenvalue weighted by Gasteiger charge is 2.51. The fraction of sp³-hybridized carbons (Fsp3) is 0.704. The summed E-state index contributed by atoms with van der Waals surface area (Å²) in [5, 5.41) is 3.38. The molecule has 3 aliphatic rings. The molecule has 3 saturated heterocycles. The molecule has 1 aromatic rings. The molecule has 0 saturated carbocycles. The van der Waals surface area contributed by atoms with Crippen LogP contribution in [0.2, 0.25) is 0 Å². The molecule has 0 radical (unpaired) electrons. The largest absolute Gasteiger partial charge is 0.379 e. The molecule has 1 aromatic carbocycles. The minimum atomic E-state index is -0.329. The third-order valence-corrected chi connectivity index (χ3v) is 8.43. The first kappa shape index (κ1) is 25.3. The predicted molar refractivity (Wildman–Crippen MR) is 130 cm³/mol. The Morgan fingerprint density at radius 2 is 1.97 bits per heavy atom. The topological polar surface area (TPSA) is 58.6 Å². The van der Waals surface area contributed by atoms with Gasteiger partial charge in [0, 0.05) is 39.1 Å². The standard InChI is InChI=1S/C27H41FN3O3/c1-20-22(9-6-10-25(20)28)23-11-15-31(16-17-34-2,27(33)21-8-7-12-29-18-21)19-24(23)26(32)30-13-4-3-5-14-30/h6,9-10,21,23-24,29H,3-5,7-8,11-19H2,1-2H3/q+1/t21-,23?,24-,31?/m1/s1. The fourth-order valence-corrected chi connectivity index (χ4v) is 6.41. The Morgan fingerprint density at radius 3 is 2.68 bits per heavy atom. The highest BCUT2D eigenvalue weighted by atomic mass is 19.1. The van der Waals surface area contributed by atoms with E-state index in [1.54, 1.807) is 13.2 Å². The summed E-state index contributed by atoms with van der Waals surface area (Å²) in [6.45, 7) is 7.27. The molecule has 7 heteroatoms. The van der Waals surface area contributed by atoms with Crippen molar-refractivity contribution in [1.82, 2.24) is 10.2 Å². The number of nitrogens with zero attached hydrogens (tertiary/aromatic N) is 2. The quantitative estimate of drug-likeness (QED) is 0.643. The van der Waals surface area contributed by atoms with Gasteiger partial charge in [-0.15, -0.1) is 0 Å². The second-order valence-corrected chi connectivity index (χ2v) is 10.5. The molecule has 3 aliphatic heterocycles. The Kier molecular flexibility index (Phi) is 8.38. The zero-order chi connectivity index (χ0) is 24.1. The lowest BCUT2D eigenvalue weighted by atomic mass is 9.76. The number of halogens is 1. The predicted octanol–water partition coefficient (Wildman–Crippen LogP) is 3.24. The Labute approximate surface area is 203 Å². The number of likely N-dealkylation sites (tertiary alicyclic amines) is 2. The number of hydrogen-bond acceptors (Lipinski definition) is 4. The molecule has 3 heterocycles. The van der Waals surface area contributed by atoms with Gasteiger partial charge in [0.1, 0.15) is 12.4 Å². The number of ether oxygens (including phenoxy) is 1. The molecule has 188 valence electrons. The average molecular weight is 475 g/mol. The average Bonchev–Trinajstić information content (AvgIpc) is 2.89. The molecule has 0 aliphatic carbocycles. The summed E-state index contributed by atoms with van der Waals surface area (Å²) in [5.74, 6) is -0.265. The van der Waals surface area contributed by atoms with Crippen LogP contribution in [-0.2, 0) is 14.3 Å². The molecular formula is C27H41FN3O3+. The molecule has 4 rings (SSSR count). The summed E-state index contributed by atoms with van der Waals surface area (Å²) in [5.41, 5.74) is 1.55. The third kappa shape index (κ3) is 5.21. The summed E-state index contributed by atoms with van der Waals surface area (Å²) >= 11 is 0. The zero-order valence-corrected chi connectivity index (χ0v) is 20.9. The molecule has 34 heavy (non-hydrogen) atoms. The number of carbonyl (C=O) groups excluding carboxylic acids is 2. The van der Waals surface area contributed by atoms with Crippen molar-refractivity contribution in [1.29, 1.82) is 0 Å².